The Hall–Kier alpha value is -1.06. The molecule has 3 nitrogen and oxygen atoms in total. The van der Waals surface area contributed by atoms with Crippen molar-refractivity contribution in [3.05, 3.63) is 30.3 Å². The van der Waals surface area contributed by atoms with Crippen molar-refractivity contribution in [3.8, 4) is 5.75 Å². The minimum atomic E-state index is -0.134. The molecule has 1 fully saturated rings. The van der Waals surface area contributed by atoms with E-state index in [0.717, 1.165) is 13.1 Å². The maximum atomic E-state index is 11.3. The van der Waals surface area contributed by atoms with E-state index in [1.165, 1.54) is 0 Å². The Kier molecular flexibility index (Phi) is 3.92. The van der Waals surface area contributed by atoms with Gasteiger partial charge in [0.2, 0.25) is 0 Å². The summed E-state index contributed by atoms with van der Waals surface area (Å²) in [6.45, 7) is 1.48. The standard InChI is InChI=1S/C10H11NO2.ClH/c12-10(8-6-11-7-8)13-9-4-2-1-3-5-9;/h1-5,8,11H,6-7H2;1H. The fraction of sp³-hybridized carbons (Fsp3) is 0.300. The van der Waals surface area contributed by atoms with Crippen LogP contribution < -0.4 is 10.1 Å². The highest BCUT2D eigenvalue weighted by atomic mass is 35.5. The van der Waals surface area contributed by atoms with E-state index < -0.39 is 0 Å². The zero-order chi connectivity index (χ0) is 9.10. The van der Waals surface area contributed by atoms with Gasteiger partial charge in [0.15, 0.2) is 0 Å². The molecule has 2 rings (SSSR count). The highest BCUT2D eigenvalue weighted by Gasteiger charge is 2.26. The molecule has 0 atom stereocenters. The first-order valence-electron chi connectivity index (χ1n) is 4.34. The Balaban J connectivity index is 0.000000980. The molecule has 0 unspecified atom stereocenters. The lowest BCUT2D eigenvalue weighted by molar-refractivity contribution is -0.140. The molecule has 0 radical (unpaired) electrons. The van der Waals surface area contributed by atoms with Crippen LogP contribution in [0.3, 0.4) is 0 Å². The summed E-state index contributed by atoms with van der Waals surface area (Å²) in [6, 6.07) is 9.15. The van der Waals surface area contributed by atoms with Crippen molar-refractivity contribution in [1.29, 1.82) is 0 Å². The van der Waals surface area contributed by atoms with Crippen LogP contribution in [0.25, 0.3) is 0 Å². The van der Waals surface area contributed by atoms with Crippen LogP contribution in [0.4, 0.5) is 0 Å². The van der Waals surface area contributed by atoms with Crippen molar-refractivity contribution in [3.63, 3.8) is 0 Å². The number of ether oxygens (including phenoxy) is 1. The van der Waals surface area contributed by atoms with Crippen molar-refractivity contribution in [2.45, 2.75) is 0 Å². The minimum Gasteiger partial charge on any atom is -0.426 e. The van der Waals surface area contributed by atoms with Crippen molar-refractivity contribution in [2.75, 3.05) is 13.1 Å². The second-order valence-electron chi connectivity index (χ2n) is 3.09. The first-order chi connectivity index (χ1) is 6.36. The summed E-state index contributed by atoms with van der Waals surface area (Å²) in [6.07, 6.45) is 0. The van der Waals surface area contributed by atoms with Crippen LogP contribution in [0.15, 0.2) is 30.3 Å². The van der Waals surface area contributed by atoms with E-state index in [9.17, 15) is 4.79 Å². The summed E-state index contributed by atoms with van der Waals surface area (Å²) in [5.41, 5.74) is 0. The van der Waals surface area contributed by atoms with Gasteiger partial charge in [-0.25, -0.2) is 0 Å². The Morgan fingerprint density at radius 3 is 2.43 bits per heavy atom. The number of rotatable bonds is 2. The average Bonchev–Trinajstić information content (AvgIpc) is 2.02. The first-order valence-corrected chi connectivity index (χ1v) is 4.34. The molecule has 0 aliphatic carbocycles. The average molecular weight is 214 g/mol. The van der Waals surface area contributed by atoms with Crippen molar-refractivity contribution < 1.29 is 9.53 Å². The predicted octanol–water partition coefficient (Wildman–Crippen LogP) is 1.23. The van der Waals surface area contributed by atoms with E-state index in [4.69, 9.17) is 4.74 Å². The molecular weight excluding hydrogens is 202 g/mol. The molecule has 1 saturated heterocycles. The molecule has 1 aliphatic rings. The van der Waals surface area contributed by atoms with Gasteiger partial charge in [-0.05, 0) is 12.1 Å². The van der Waals surface area contributed by atoms with Crippen molar-refractivity contribution in [1.82, 2.24) is 5.32 Å². The van der Waals surface area contributed by atoms with Gasteiger partial charge >= 0.3 is 5.97 Å². The zero-order valence-electron chi connectivity index (χ0n) is 7.60. The minimum absolute atomic E-state index is 0. The number of hydrogen-bond donors (Lipinski definition) is 1. The Morgan fingerprint density at radius 2 is 1.93 bits per heavy atom. The second kappa shape index (κ2) is 4.98. The molecule has 76 valence electrons. The maximum absolute atomic E-state index is 11.3. The van der Waals surface area contributed by atoms with E-state index >= 15 is 0 Å². The fourth-order valence-corrected chi connectivity index (χ4v) is 1.14. The summed E-state index contributed by atoms with van der Waals surface area (Å²) in [5, 5.41) is 3.03. The maximum Gasteiger partial charge on any atom is 0.316 e. The molecule has 14 heavy (non-hydrogen) atoms. The monoisotopic (exact) mass is 213 g/mol. The number of nitrogens with one attached hydrogen (secondary N) is 1. The summed E-state index contributed by atoms with van der Waals surface area (Å²) in [5.74, 6) is 0.532. The Labute approximate surface area is 88.9 Å². The highest BCUT2D eigenvalue weighted by Crippen LogP contribution is 2.12. The largest absolute Gasteiger partial charge is 0.426 e. The fourth-order valence-electron chi connectivity index (χ4n) is 1.14. The lowest BCUT2D eigenvalue weighted by atomic mass is 10.0. The SMILES string of the molecule is Cl.O=C(Oc1ccccc1)C1CNC1. The summed E-state index contributed by atoms with van der Waals surface area (Å²) in [4.78, 5) is 11.3. The van der Waals surface area contributed by atoms with Crippen LogP contribution in [-0.2, 0) is 4.79 Å². The van der Waals surface area contributed by atoms with Crippen LogP contribution in [0.1, 0.15) is 0 Å². The normalized spacial score (nSPS) is 15.1. The summed E-state index contributed by atoms with van der Waals surface area (Å²) < 4.78 is 5.14. The number of esters is 1. The molecule has 1 aliphatic heterocycles. The third kappa shape index (κ3) is 2.47. The van der Waals surface area contributed by atoms with Crippen LogP contribution in [0.2, 0.25) is 0 Å². The Morgan fingerprint density at radius 1 is 1.29 bits per heavy atom. The van der Waals surface area contributed by atoms with Gasteiger partial charge in [0.05, 0.1) is 5.92 Å². The van der Waals surface area contributed by atoms with Crippen LogP contribution in [0.5, 0.6) is 5.75 Å². The smallest absolute Gasteiger partial charge is 0.316 e. The van der Waals surface area contributed by atoms with E-state index in [-0.39, 0.29) is 24.3 Å². The molecule has 1 aromatic rings. The van der Waals surface area contributed by atoms with Crippen molar-refractivity contribution >= 4 is 18.4 Å². The lowest BCUT2D eigenvalue weighted by Gasteiger charge is -2.24. The number of carbonyl (C=O) groups excluding carboxylic acids is 1. The number of hydrogen-bond acceptors (Lipinski definition) is 3. The molecule has 0 bridgehead atoms. The summed E-state index contributed by atoms with van der Waals surface area (Å²) in [7, 11) is 0. The van der Waals surface area contributed by atoms with Gasteiger partial charge in [-0.3, -0.25) is 4.79 Å². The topological polar surface area (TPSA) is 38.3 Å². The van der Waals surface area contributed by atoms with Gasteiger partial charge in [-0.2, -0.15) is 0 Å². The van der Waals surface area contributed by atoms with Crippen molar-refractivity contribution in [2.24, 2.45) is 5.92 Å². The van der Waals surface area contributed by atoms with Gasteiger partial charge in [-0.1, -0.05) is 18.2 Å². The van der Waals surface area contributed by atoms with Crippen LogP contribution >= 0.6 is 12.4 Å². The van der Waals surface area contributed by atoms with Gasteiger partial charge in [-0.15, -0.1) is 12.4 Å². The third-order valence-corrected chi connectivity index (χ3v) is 2.08. The molecule has 1 N–H and O–H groups in total. The van der Waals surface area contributed by atoms with Gasteiger partial charge in [0.25, 0.3) is 0 Å². The van der Waals surface area contributed by atoms with Gasteiger partial charge in [0.1, 0.15) is 5.75 Å². The van der Waals surface area contributed by atoms with E-state index in [2.05, 4.69) is 5.32 Å². The Bertz CT molecular complexity index is 298. The quantitative estimate of drug-likeness (QED) is 0.593. The number of carbonyl (C=O) groups is 1. The van der Waals surface area contributed by atoms with Gasteiger partial charge in [0, 0.05) is 13.1 Å². The first kappa shape index (κ1) is 11.0. The van der Waals surface area contributed by atoms with Gasteiger partial charge < -0.3 is 10.1 Å². The zero-order valence-corrected chi connectivity index (χ0v) is 8.42. The number of para-hydroxylation sites is 1. The van der Waals surface area contributed by atoms with Crippen LogP contribution in [0, 0.1) is 5.92 Å². The highest BCUT2D eigenvalue weighted by molar-refractivity contribution is 5.85. The van der Waals surface area contributed by atoms with Crippen LogP contribution in [-0.4, -0.2) is 19.1 Å². The summed E-state index contributed by atoms with van der Waals surface area (Å²) >= 11 is 0. The molecule has 1 aromatic carbocycles. The second-order valence-corrected chi connectivity index (χ2v) is 3.09. The van der Waals surface area contributed by atoms with E-state index in [1.54, 1.807) is 12.1 Å². The third-order valence-electron chi connectivity index (χ3n) is 2.08. The molecule has 0 saturated carbocycles. The van der Waals surface area contributed by atoms with E-state index in [0.29, 0.717) is 5.75 Å². The number of benzene rings is 1. The number of halogens is 1. The van der Waals surface area contributed by atoms with E-state index in [1.807, 2.05) is 18.2 Å². The molecule has 0 aromatic heterocycles. The molecule has 0 amide bonds. The molecule has 0 spiro atoms. The molecular formula is C10H12ClNO2. The molecule has 1 heterocycles. The lowest BCUT2D eigenvalue weighted by Crippen LogP contribution is -2.48. The molecule has 4 heteroatoms. The predicted molar refractivity (Wildman–Crippen MR) is 55.7 cm³/mol.